The molecule has 0 aliphatic heterocycles. The monoisotopic (exact) mass is 316 g/mol. The number of nitrogens with zero attached hydrogens (tertiary/aromatic N) is 2. The zero-order chi connectivity index (χ0) is 16.1. The van der Waals surface area contributed by atoms with Crippen molar-refractivity contribution < 1.29 is 8.42 Å². The molecule has 0 saturated heterocycles. The van der Waals surface area contributed by atoms with Gasteiger partial charge in [-0.1, -0.05) is 12.1 Å². The summed E-state index contributed by atoms with van der Waals surface area (Å²) in [4.78, 5) is 4.76. The quantitative estimate of drug-likeness (QED) is 0.755. The highest BCUT2D eigenvalue weighted by Gasteiger charge is 2.16. The highest BCUT2D eigenvalue weighted by atomic mass is 32.2. The predicted octanol–water partition coefficient (Wildman–Crippen LogP) is 2.23. The maximum atomic E-state index is 11.6. The van der Waals surface area contributed by atoms with Crippen molar-refractivity contribution >= 4 is 26.7 Å². The summed E-state index contributed by atoms with van der Waals surface area (Å²) in [6.45, 7) is 3.86. The van der Waals surface area contributed by atoms with E-state index in [4.69, 9.17) is 5.73 Å². The van der Waals surface area contributed by atoms with Crippen LogP contribution >= 0.6 is 0 Å². The fourth-order valence-corrected chi connectivity index (χ4v) is 3.33. The molecule has 0 atom stereocenters. The summed E-state index contributed by atoms with van der Waals surface area (Å²) in [5.74, 6) is 0.481. The van der Waals surface area contributed by atoms with Gasteiger partial charge in [0.2, 0.25) is 0 Å². The van der Waals surface area contributed by atoms with E-state index in [1.165, 1.54) is 6.26 Å². The van der Waals surface area contributed by atoms with Crippen LogP contribution in [-0.4, -0.2) is 29.9 Å². The number of aryl methyl sites for hydroxylation is 2. The summed E-state index contributed by atoms with van der Waals surface area (Å²) in [5, 5.41) is 7.62. The third kappa shape index (κ3) is 2.23. The number of benzene rings is 1. The van der Waals surface area contributed by atoms with Crippen molar-refractivity contribution in [3.05, 3.63) is 35.5 Å². The molecule has 0 bridgehead atoms. The molecule has 0 fully saturated rings. The van der Waals surface area contributed by atoms with Crippen LogP contribution in [0.3, 0.4) is 0 Å². The number of pyridine rings is 1. The van der Waals surface area contributed by atoms with Crippen molar-refractivity contribution in [1.82, 2.24) is 15.2 Å². The third-order valence-corrected chi connectivity index (χ3v) is 4.86. The zero-order valence-corrected chi connectivity index (χ0v) is 13.3. The van der Waals surface area contributed by atoms with Crippen LogP contribution in [0, 0.1) is 13.8 Å². The lowest BCUT2D eigenvalue weighted by Gasteiger charge is -2.11. The number of nitrogens with two attached hydrogens (primary N) is 1. The highest BCUT2D eigenvalue weighted by molar-refractivity contribution is 7.90. The first-order chi connectivity index (χ1) is 10.3. The molecule has 0 spiro atoms. The molecule has 0 aliphatic rings. The Hall–Kier alpha value is -2.41. The molecule has 114 valence electrons. The average molecular weight is 316 g/mol. The Morgan fingerprint density at radius 3 is 2.36 bits per heavy atom. The van der Waals surface area contributed by atoms with Gasteiger partial charge in [-0.3, -0.25) is 5.10 Å². The Labute approximate surface area is 128 Å². The molecule has 0 aliphatic carbocycles. The van der Waals surface area contributed by atoms with Crippen LogP contribution in [0.5, 0.6) is 0 Å². The lowest BCUT2D eigenvalue weighted by Crippen LogP contribution is -1.98. The molecule has 1 aromatic carbocycles. The number of rotatable bonds is 2. The van der Waals surface area contributed by atoms with Crippen LogP contribution in [0.1, 0.15) is 11.3 Å². The second-order valence-electron chi connectivity index (χ2n) is 5.33. The minimum Gasteiger partial charge on any atom is -0.384 e. The fraction of sp³-hybridized carbons (Fsp3) is 0.200. The maximum Gasteiger partial charge on any atom is 0.183 e. The van der Waals surface area contributed by atoms with Crippen LogP contribution in [0.15, 0.2) is 29.2 Å². The van der Waals surface area contributed by atoms with Crippen LogP contribution in [-0.2, 0) is 9.84 Å². The molecule has 3 rings (SSSR count). The Balaban J connectivity index is 2.24. The van der Waals surface area contributed by atoms with E-state index in [0.29, 0.717) is 16.4 Å². The van der Waals surface area contributed by atoms with Gasteiger partial charge in [0, 0.05) is 17.5 Å². The zero-order valence-electron chi connectivity index (χ0n) is 12.5. The number of aromatic nitrogens is 3. The summed E-state index contributed by atoms with van der Waals surface area (Å²) in [6.07, 6.45) is 1.19. The van der Waals surface area contributed by atoms with Gasteiger partial charge < -0.3 is 5.73 Å². The Morgan fingerprint density at radius 1 is 1.14 bits per heavy atom. The smallest absolute Gasteiger partial charge is 0.183 e. The van der Waals surface area contributed by atoms with E-state index in [1.807, 2.05) is 13.8 Å². The van der Waals surface area contributed by atoms with Gasteiger partial charge in [0.25, 0.3) is 0 Å². The molecule has 0 amide bonds. The molecule has 3 aromatic rings. The van der Waals surface area contributed by atoms with Crippen molar-refractivity contribution in [1.29, 1.82) is 0 Å². The topological polar surface area (TPSA) is 102 Å². The Morgan fingerprint density at radius 2 is 1.77 bits per heavy atom. The summed E-state index contributed by atoms with van der Waals surface area (Å²) < 4.78 is 23.1. The summed E-state index contributed by atoms with van der Waals surface area (Å²) in [6, 6.07) is 6.78. The van der Waals surface area contributed by atoms with Crippen molar-refractivity contribution in [3.63, 3.8) is 0 Å². The summed E-state index contributed by atoms with van der Waals surface area (Å²) in [5.41, 5.74) is 10.1. The SMILES string of the molecule is Cc1nc2n[nH]c(N)c2c(C)c1-c1ccc(S(C)(=O)=O)cc1. The number of nitrogen functional groups attached to an aromatic ring is 1. The summed E-state index contributed by atoms with van der Waals surface area (Å²) in [7, 11) is -3.21. The predicted molar refractivity (Wildman–Crippen MR) is 86.3 cm³/mol. The first-order valence-corrected chi connectivity index (χ1v) is 8.59. The normalized spacial score (nSPS) is 12.0. The molecular formula is C15H16N4O2S. The van der Waals surface area contributed by atoms with E-state index in [0.717, 1.165) is 27.8 Å². The molecular weight excluding hydrogens is 300 g/mol. The van der Waals surface area contributed by atoms with Crippen molar-refractivity contribution in [3.8, 4) is 11.1 Å². The highest BCUT2D eigenvalue weighted by Crippen LogP contribution is 2.33. The molecule has 6 nitrogen and oxygen atoms in total. The minimum absolute atomic E-state index is 0.295. The van der Waals surface area contributed by atoms with Gasteiger partial charge >= 0.3 is 0 Å². The number of H-pyrrole nitrogens is 1. The number of nitrogens with one attached hydrogen (secondary N) is 1. The molecule has 7 heteroatoms. The largest absolute Gasteiger partial charge is 0.384 e. The van der Waals surface area contributed by atoms with Gasteiger partial charge in [0.15, 0.2) is 15.5 Å². The molecule has 3 N–H and O–H groups in total. The van der Waals surface area contributed by atoms with Crippen LogP contribution in [0.2, 0.25) is 0 Å². The lowest BCUT2D eigenvalue weighted by atomic mass is 9.97. The first-order valence-electron chi connectivity index (χ1n) is 6.70. The van der Waals surface area contributed by atoms with Gasteiger partial charge in [-0.25, -0.2) is 13.4 Å². The number of hydrogen-bond donors (Lipinski definition) is 2. The lowest BCUT2D eigenvalue weighted by molar-refractivity contribution is 0.602. The molecule has 22 heavy (non-hydrogen) atoms. The average Bonchev–Trinajstić information content (AvgIpc) is 2.79. The van der Waals surface area contributed by atoms with Gasteiger partial charge in [-0.05, 0) is 37.1 Å². The number of aromatic amines is 1. The fourth-order valence-electron chi connectivity index (χ4n) is 2.70. The molecule has 0 unspecified atom stereocenters. The van der Waals surface area contributed by atoms with Crippen LogP contribution < -0.4 is 5.73 Å². The number of hydrogen-bond acceptors (Lipinski definition) is 5. The number of anilines is 1. The minimum atomic E-state index is -3.21. The number of sulfone groups is 1. The van der Waals surface area contributed by atoms with E-state index < -0.39 is 9.84 Å². The Kier molecular flexibility index (Phi) is 3.17. The maximum absolute atomic E-state index is 11.6. The van der Waals surface area contributed by atoms with E-state index in [-0.39, 0.29) is 0 Å². The van der Waals surface area contributed by atoms with Gasteiger partial charge in [0.1, 0.15) is 5.82 Å². The van der Waals surface area contributed by atoms with Crippen LogP contribution in [0.4, 0.5) is 5.82 Å². The van der Waals surface area contributed by atoms with Gasteiger partial charge in [-0.2, -0.15) is 5.10 Å². The molecule has 0 saturated carbocycles. The van der Waals surface area contributed by atoms with E-state index in [9.17, 15) is 8.42 Å². The van der Waals surface area contributed by atoms with Crippen molar-refractivity contribution in [2.45, 2.75) is 18.7 Å². The van der Waals surface area contributed by atoms with E-state index in [2.05, 4.69) is 15.2 Å². The molecule has 2 aromatic heterocycles. The van der Waals surface area contributed by atoms with Crippen molar-refractivity contribution in [2.75, 3.05) is 12.0 Å². The standard InChI is InChI=1S/C15H16N4O2S/c1-8-12(9(2)17-15-13(8)14(16)18-19-15)10-4-6-11(7-5-10)22(3,20)21/h4-7H,1-3H3,(H3,16,17,18,19). The molecule has 2 heterocycles. The third-order valence-electron chi connectivity index (χ3n) is 3.73. The van der Waals surface area contributed by atoms with E-state index in [1.54, 1.807) is 24.3 Å². The van der Waals surface area contributed by atoms with Crippen LogP contribution in [0.25, 0.3) is 22.2 Å². The van der Waals surface area contributed by atoms with Crippen molar-refractivity contribution in [2.24, 2.45) is 0 Å². The van der Waals surface area contributed by atoms with E-state index >= 15 is 0 Å². The second kappa shape index (κ2) is 4.81. The number of fused-ring (bicyclic) bond motifs is 1. The second-order valence-corrected chi connectivity index (χ2v) is 7.35. The summed E-state index contributed by atoms with van der Waals surface area (Å²) >= 11 is 0. The van der Waals surface area contributed by atoms with Gasteiger partial charge in [-0.15, -0.1) is 0 Å². The van der Waals surface area contributed by atoms with Gasteiger partial charge in [0.05, 0.1) is 10.3 Å². The first kappa shape index (κ1) is 14.5. The molecule has 0 radical (unpaired) electrons. The Bertz CT molecular complexity index is 973.